The number of methoxy groups -OCH3 is 1. The summed E-state index contributed by atoms with van der Waals surface area (Å²) in [7, 11) is 1.57. The molecule has 2 N–H and O–H groups in total. The first-order valence-electron chi connectivity index (χ1n) is 10.7. The van der Waals surface area contributed by atoms with Crippen LogP contribution in [0.15, 0.2) is 47.4 Å². The number of rotatable bonds is 9. The fourth-order valence-electron chi connectivity index (χ4n) is 3.41. The zero-order valence-electron chi connectivity index (χ0n) is 19.8. The fraction of sp³-hybridized carbons (Fsp3) is 0.320. The average Bonchev–Trinajstić information content (AvgIpc) is 3.11. The summed E-state index contributed by atoms with van der Waals surface area (Å²) >= 11 is 1.25. The molecular weight excluding hydrogens is 457 g/mol. The van der Waals surface area contributed by atoms with Gasteiger partial charge in [-0.1, -0.05) is 18.2 Å². The Balaban J connectivity index is 1.96. The summed E-state index contributed by atoms with van der Waals surface area (Å²) in [5.74, 6) is -1.31. The molecule has 0 radical (unpaired) electrons. The molecule has 0 atom stereocenters. The molecule has 3 rings (SSSR count). The molecule has 0 saturated heterocycles. The van der Waals surface area contributed by atoms with Gasteiger partial charge in [0.2, 0.25) is 0 Å². The van der Waals surface area contributed by atoms with E-state index in [0.29, 0.717) is 30.4 Å². The number of aliphatic carboxylic acids is 1. The molecule has 3 aromatic rings. The number of nitrogens with one attached hydrogen (secondary N) is 1. The van der Waals surface area contributed by atoms with Crippen LogP contribution in [0.5, 0.6) is 0 Å². The van der Waals surface area contributed by atoms with Gasteiger partial charge in [-0.25, -0.2) is 9.37 Å². The van der Waals surface area contributed by atoms with E-state index in [2.05, 4.69) is 10.3 Å². The minimum Gasteiger partial charge on any atom is -0.480 e. The van der Waals surface area contributed by atoms with Gasteiger partial charge in [0.25, 0.3) is 5.91 Å². The van der Waals surface area contributed by atoms with Crippen LogP contribution in [0, 0.1) is 19.7 Å². The highest BCUT2D eigenvalue weighted by atomic mass is 32.2. The average molecular weight is 486 g/mol. The lowest BCUT2D eigenvalue weighted by molar-refractivity contribution is -0.138. The SMILES string of the molecule is COCCn1c(-c2ccc(SC(C)(C)C(=O)O)cc2)nc(C)c1C(=O)Nc1cc(C)ccc1F. The van der Waals surface area contributed by atoms with E-state index in [-0.39, 0.29) is 5.69 Å². The lowest BCUT2D eigenvalue weighted by Gasteiger charge is -2.18. The van der Waals surface area contributed by atoms with Crippen molar-refractivity contribution in [2.24, 2.45) is 0 Å². The van der Waals surface area contributed by atoms with Gasteiger partial charge in [-0.2, -0.15) is 0 Å². The zero-order valence-corrected chi connectivity index (χ0v) is 20.6. The van der Waals surface area contributed by atoms with E-state index in [4.69, 9.17) is 4.74 Å². The Kier molecular flexibility index (Phi) is 7.78. The summed E-state index contributed by atoms with van der Waals surface area (Å²) in [6.45, 7) is 7.57. The number of aromatic nitrogens is 2. The molecule has 0 aliphatic carbocycles. The van der Waals surface area contributed by atoms with Crippen LogP contribution in [0.1, 0.15) is 35.6 Å². The van der Waals surface area contributed by atoms with E-state index < -0.39 is 22.4 Å². The normalized spacial score (nSPS) is 11.5. The molecule has 1 amide bonds. The molecule has 0 fully saturated rings. The zero-order chi connectivity index (χ0) is 25.0. The van der Waals surface area contributed by atoms with E-state index in [9.17, 15) is 19.1 Å². The molecule has 0 aliphatic rings. The van der Waals surface area contributed by atoms with Gasteiger partial charge in [-0.05, 0) is 57.5 Å². The van der Waals surface area contributed by atoms with Crippen LogP contribution >= 0.6 is 11.8 Å². The second-order valence-corrected chi connectivity index (χ2v) is 10.1. The van der Waals surface area contributed by atoms with Crippen LogP contribution in [0.4, 0.5) is 10.1 Å². The number of carboxylic acids is 1. The van der Waals surface area contributed by atoms with Crippen molar-refractivity contribution in [2.45, 2.75) is 43.9 Å². The number of halogens is 1. The molecule has 0 unspecified atom stereocenters. The van der Waals surface area contributed by atoms with E-state index >= 15 is 0 Å². The summed E-state index contributed by atoms with van der Waals surface area (Å²) in [5, 5.41) is 12.0. The molecule has 180 valence electrons. The first-order valence-corrected chi connectivity index (χ1v) is 11.5. The van der Waals surface area contributed by atoms with E-state index in [1.54, 1.807) is 44.6 Å². The molecule has 0 aliphatic heterocycles. The number of carbonyl (C=O) groups excluding carboxylic acids is 1. The van der Waals surface area contributed by atoms with Crippen molar-refractivity contribution in [3.8, 4) is 11.4 Å². The summed E-state index contributed by atoms with van der Waals surface area (Å²) in [4.78, 5) is 30.0. The standard InChI is InChI=1S/C25H28FN3O4S/c1-15-6-11-19(26)20(14-15)28-23(30)21-16(2)27-22(29(21)12-13-33-5)17-7-9-18(10-8-17)34-25(3,4)24(31)32/h6-11,14H,12-13H2,1-5H3,(H,28,30)(H,31,32). The van der Waals surface area contributed by atoms with Crippen molar-refractivity contribution in [3.63, 3.8) is 0 Å². The van der Waals surface area contributed by atoms with Crippen molar-refractivity contribution < 1.29 is 23.8 Å². The number of imidazole rings is 1. The van der Waals surface area contributed by atoms with E-state index in [0.717, 1.165) is 16.0 Å². The first kappa shape index (κ1) is 25.5. The summed E-state index contributed by atoms with van der Waals surface area (Å²) < 4.78 is 20.2. The van der Waals surface area contributed by atoms with Gasteiger partial charge in [0.15, 0.2) is 0 Å². The third kappa shape index (κ3) is 5.66. The summed E-state index contributed by atoms with van der Waals surface area (Å²) in [6.07, 6.45) is 0. The maximum atomic E-state index is 14.2. The first-order chi connectivity index (χ1) is 16.0. The van der Waals surface area contributed by atoms with Gasteiger partial charge in [-0.15, -0.1) is 11.8 Å². The van der Waals surface area contributed by atoms with Gasteiger partial charge in [0.1, 0.15) is 22.1 Å². The number of hydrogen-bond acceptors (Lipinski definition) is 5. The number of benzene rings is 2. The van der Waals surface area contributed by atoms with Crippen LogP contribution in [0.3, 0.4) is 0 Å². The van der Waals surface area contributed by atoms with Crippen LogP contribution in [-0.2, 0) is 16.1 Å². The van der Waals surface area contributed by atoms with E-state index in [1.807, 2.05) is 31.2 Å². The number of carbonyl (C=O) groups is 2. The Morgan fingerprint density at radius 3 is 2.47 bits per heavy atom. The Morgan fingerprint density at radius 1 is 1.18 bits per heavy atom. The maximum Gasteiger partial charge on any atom is 0.319 e. The molecule has 0 spiro atoms. The molecule has 1 heterocycles. The van der Waals surface area contributed by atoms with Crippen molar-refractivity contribution in [2.75, 3.05) is 19.0 Å². The van der Waals surface area contributed by atoms with Gasteiger partial charge in [0.05, 0.1) is 18.0 Å². The number of nitrogens with zero attached hydrogens (tertiary/aromatic N) is 2. The second-order valence-electron chi connectivity index (χ2n) is 8.39. The monoisotopic (exact) mass is 485 g/mol. The van der Waals surface area contributed by atoms with Crippen LogP contribution in [0.2, 0.25) is 0 Å². The minimum absolute atomic E-state index is 0.105. The molecule has 2 aromatic carbocycles. The lowest BCUT2D eigenvalue weighted by atomic mass is 10.2. The maximum absolute atomic E-state index is 14.2. The Hall–Kier alpha value is -3.17. The third-order valence-electron chi connectivity index (χ3n) is 5.25. The van der Waals surface area contributed by atoms with Crippen LogP contribution in [-0.4, -0.2) is 45.0 Å². The lowest BCUT2D eigenvalue weighted by Crippen LogP contribution is -2.26. The highest BCUT2D eigenvalue weighted by Crippen LogP contribution is 2.34. The van der Waals surface area contributed by atoms with Crippen molar-refractivity contribution in [3.05, 3.63) is 65.2 Å². The quantitative estimate of drug-likeness (QED) is 0.407. The molecule has 34 heavy (non-hydrogen) atoms. The summed E-state index contributed by atoms with van der Waals surface area (Å²) in [6, 6.07) is 11.9. The number of ether oxygens (including phenoxy) is 1. The van der Waals surface area contributed by atoms with E-state index in [1.165, 1.54) is 17.8 Å². The Morgan fingerprint density at radius 2 is 1.85 bits per heavy atom. The van der Waals surface area contributed by atoms with Gasteiger partial charge in [-0.3, -0.25) is 9.59 Å². The number of hydrogen-bond donors (Lipinski definition) is 2. The number of thioether (sulfide) groups is 1. The molecule has 0 bridgehead atoms. The number of anilines is 1. The molecule has 0 saturated carbocycles. The van der Waals surface area contributed by atoms with Crippen molar-refractivity contribution in [1.82, 2.24) is 9.55 Å². The largest absolute Gasteiger partial charge is 0.480 e. The highest BCUT2D eigenvalue weighted by molar-refractivity contribution is 8.01. The van der Waals surface area contributed by atoms with Crippen molar-refractivity contribution in [1.29, 1.82) is 0 Å². The smallest absolute Gasteiger partial charge is 0.319 e. The molecule has 9 heteroatoms. The number of aryl methyl sites for hydroxylation is 2. The Labute approximate surface area is 202 Å². The summed E-state index contributed by atoms with van der Waals surface area (Å²) in [5.41, 5.74) is 2.51. The predicted octanol–water partition coefficient (Wildman–Crippen LogP) is 5.16. The van der Waals surface area contributed by atoms with Crippen LogP contribution in [0.25, 0.3) is 11.4 Å². The number of amides is 1. The highest BCUT2D eigenvalue weighted by Gasteiger charge is 2.28. The fourth-order valence-corrected chi connectivity index (χ4v) is 4.36. The molecular formula is C25H28FN3O4S. The Bertz CT molecular complexity index is 1210. The third-order valence-corrected chi connectivity index (χ3v) is 6.44. The predicted molar refractivity (Wildman–Crippen MR) is 131 cm³/mol. The topological polar surface area (TPSA) is 93.4 Å². The van der Waals surface area contributed by atoms with Gasteiger partial charge < -0.3 is 19.7 Å². The van der Waals surface area contributed by atoms with Crippen molar-refractivity contribution >= 4 is 29.3 Å². The molecule has 1 aromatic heterocycles. The second kappa shape index (κ2) is 10.4. The van der Waals surface area contributed by atoms with Gasteiger partial charge in [0, 0.05) is 24.1 Å². The van der Waals surface area contributed by atoms with Gasteiger partial charge >= 0.3 is 5.97 Å². The minimum atomic E-state index is -0.967. The molecule has 7 nitrogen and oxygen atoms in total. The number of carboxylic acid groups (broad SMARTS) is 1. The van der Waals surface area contributed by atoms with Crippen LogP contribution < -0.4 is 5.32 Å².